The normalized spacial score (nSPS) is 31.5. The monoisotopic (exact) mass is 308 g/mol. The second-order valence-corrected chi connectivity index (χ2v) is 8.24. The molecule has 2 unspecified atom stereocenters. The van der Waals surface area contributed by atoms with E-state index in [4.69, 9.17) is 5.11 Å². The zero-order valence-corrected chi connectivity index (χ0v) is 14.3. The van der Waals surface area contributed by atoms with E-state index in [-0.39, 0.29) is 0 Å². The van der Waals surface area contributed by atoms with Crippen LogP contribution in [0.3, 0.4) is 0 Å². The van der Waals surface area contributed by atoms with Crippen LogP contribution in [0, 0.1) is 17.8 Å². The lowest BCUT2D eigenvalue weighted by atomic mass is 9.83. The van der Waals surface area contributed by atoms with Gasteiger partial charge < -0.3 is 15.3 Å². The Labute approximate surface area is 136 Å². The lowest BCUT2D eigenvalue weighted by Crippen LogP contribution is -2.51. The summed E-state index contributed by atoms with van der Waals surface area (Å²) in [6, 6.07) is 0.693. The molecule has 0 spiro atoms. The number of aliphatic hydroxyl groups excluding tert-OH is 1. The largest absolute Gasteiger partial charge is 0.396 e. The predicted octanol–water partition coefficient (Wildman–Crippen LogP) is 3.03. The Kier molecular flexibility index (Phi) is 6.58. The molecule has 2 saturated carbocycles. The number of nitrogens with one attached hydrogen (secondary N) is 1. The Morgan fingerprint density at radius 2 is 1.68 bits per heavy atom. The van der Waals surface area contributed by atoms with Crippen LogP contribution in [0.15, 0.2) is 0 Å². The average molecular weight is 309 g/mol. The van der Waals surface area contributed by atoms with Crippen LogP contribution >= 0.6 is 0 Å². The molecular formula is C19H36N2O. The zero-order chi connectivity index (χ0) is 15.2. The molecule has 3 aliphatic rings. The molecule has 3 fully saturated rings. The SMILES string of the molecule is OCCCC1CC(NCC2CCCC2)CN(CC2CCC2)C1. The van der Waals surface area contributed by atoms with Gasteiger partial charge in [0.1, 0.15) is 0 Å². The van der Waals surface area contributed by atoms with E-state index in [0.717, 1.165) is 24.2 Å². The highest BCUT2D eigenvalue weighted by molar-refractivity contribution is 4.86. The summed E-state index contributed by atoms with van der Waals surface area (Å²) in [6.07, 6.45) is 13.7. The highest BCUT2D eigenvalue weighted by Crippen LogP contribution is 2.30. The molecule has 0 amide bonds. The van der Waals surface area contributed by atoms with Gasteiger partial charge in [-0.05, 0) is 69.2 Å². The van der Waals surface area contributed by atoms with E-state index in [2.05, 4.69) is 10.2 Å². The van der Waals surface area contributed by atoms with Crippen molar-refractivity contribution in [2.45, 2.75) is 70.3 Å². The van der Waals surface area contributed by atoms with Gasteiger partial charge in [0.05, 0.1) is 0 Å². The van der Waals surface area contributed by atoms with Gasteiger partial charge in [-0.15, -0.1) is 0 Å². The van der Waals surface area contributed by atoms with Gasteiger partial charge in [-0.2, -0.15) is 0 Å². The lowest BCUT2D eigenvalue weighted by Gasteiger charge is -2.41. The van der Waals surface area contributed by atoms with Crippen LogP contribution in [0.1, 0.15) is 64.2 Å². The van der Waals surface area contributed by atoms with Crippen molar-refractivity contribution in [1.82, 2.24) is 10.2 Å². The Balaban J connectivity index is 1.46. The minimum atomic E-state index is 0.360. The van der Waals surface area contributed by atoms with E-state index in [1.54, 1.807) is 0 Å². The molecule has 0 aromatic carbocycles. The summed E-state index contributed by atoms with van der Waals surface area (Å²) in [5.74, 6) is 2.71. The summed E-state index contributed by atoms with van der Waals surface area (Å²) in [7, 11) is 0. The molecule has 3 nitrogen and oxygen atoms in total. The number of hydrogen-bond donors (Lipinski definition) is 2. The van der Waals surface area contributed by atoms with Crippen LogP contribution in [-0.2, 0) is 0 Å². The molecule has 0 radical (unpaired) electrons. The van der Waals surface area contributed by atoms with Gasteiger partial charge in [0.25, 0.3) is 0 Å². The second-order valence-electron chi connectivity index (χ2n) is 8.24. The van der Waals surface area contributed by atoms with Gasteiger partial charge in [-0.25, -0.2) is 0 Å². The Bertz CT molecular complexity index is 313. The molecule has 3 rings (SSSR count). The summed E-state index contributed by atoms with van der Waals surface area (Å²) in [5, 5.41) is 13.0. The lowest BCUT2D eigenvalue weighted by molar-refractivity contribution is 0.0940. The van der Waals surface area contributed by atoms with E-state index in [1.807, 2.05) is 0 Å². The molecule has 2 N–H and O–H groups in total. The van der Waals surface area contributed by atoms with Crippen LogP contribution in [0.5, 0.6) is 0 Å². The van der Waals surface area contributed by atoms with Crippen LogP contribution in [0.25, 0.3) is 0 Å². The third kappa shape index (κ3) is 4.94. The standard InChI is InChI=1S/C19H36N2O/c22-10-4-9-18-11-19(20-12-16-5-1-2-6-16)15-21(14-18)13-17-7-3-8-17/h16-20,22H,1-15H2. The molecule has 1 saturated heterocycles. The highest BCUT2D eigenvalue weighted by Gasteiger charge is 2.30. The van der Waals surface area contributed by atoms with Crippen LogP contribution in [-0.4, -0.2) is 48.8 Å². The van der Waals surface area contributed by atoms with Gasteiger partial charge in [0, 0.05) is 32.3 Å². The topological polar surface area (TPSA) is 35.5 Å². The van der Waals surface area contributed by atoms with Gasteiger partial charge in [0.15, 0.2) is 0 Å². The quantitative estimate of drug-likeness (QED) is 0.723. The minimum absolute atomic E-state index is 0.360. The minimum Gasteiger partial charge on any atom is -0.396 e. The molecule has 2 atom stereocenters. The molecular weight excluding hydrogens is 272 g/mol. The van der Waals surface area contributed by atoms with Crippen molar-refractivity contribution in [1.29, 1.82) is 0 Å². The van der Waals surface area contributed by atoms with Crippen molar-refractivity contribution in [3.63, 3.8) is 0 Å². The summed E-state index contributed by atoms with van der Waals surface area (Å²) in [5.41, 5.74) is 0. The van der Waals surface area contributed by atoms with E-state index >= 15 is 0 Å². The summed E-state index contributed by atoms with van der Waals surface area (Å²) >= 11 is 0. The van der Waals surface area contributed by atoms with Crippen molar-refractivity contribution in [3.05, 3.63) is 0 Å². The first-order valence-corrected chi connectivity index (χ1v) is 9.90. The van der Waals surface area contributed by atoms with E-state index in [0.29, 0.717) is 12.6 Å². The van der Waals surface area contributed by atoms with Crippen molar-refractivity contribution in [2.75, 3.05) is 32.8 Å². The number of likely N-dealkylation sites (tertiary alicyclic amines) is 1. The van der Waals surface area contributed by atoms with Gasteiger partial charge >= 0.3 is 0 Å². The smallest absolute Gasteiger partial charge is 0.0431 e. The number of rotatable bonds is 8. The zero-order valence-electron chi connectivity index (χ0n) is 14.3. The molecule has 1 heterocycles. The fourth-order valence-electron chi connectivity index (χ4n) is 4.78. The third-order valence-corrected chi connectivity index (χ3v) is 6.29. The Morgan fingerprint density at radius 3 is 2.36 bits per heavy atom. The highest BCUT2D eigenvalue weighted by atomic mass is 16.2. The van der Waals surface area contributed by atoms with Gasteiger partial charge in [-0.3, -0.25) is 0 Å². The molecule has 22 heavy (non-hydrogen) atoms. The number of nitrogens with zero attached hydrogens (tertiary/aromatic N) is 1. The first-order chi connectivity index (χ1) is 10.8. The summed E-state index contributed by atoms with van der Waals surface area (Å²) in [4.78, 5) is 2.74. The Hall–Kier alpha value is -0.120. The van der Waals surface area contributed by atoms with Crippen molar-refractivity contribution in [3.8, 4) is 0 Å². The molecule has 2 aliphatic carbocycles. The van der Waals surface area contributed by atoms with Gasteiger partial charge in [0.2, 0.25) is 0 Å². The van der Waals surface area contributed by atoms with Crippen molar-refractivity contribution >= 4 is 0 Å². The molecule has 0 bridgehead atoms. The number of aliphatic hydroxyl groups is 1. The first kappa shape index (κ1) is 16.7. The molecule has 0 aromatic heterocycles. The Morgan fingerprint density at radius 1 is 0.909 bits per heavy atom. The van der Waals surface area contributed by atoms with E-state index < -0.39 is 0 Å². The predicted molar refractivity (Wildman–Crippen MR) is 92.0 cm³/mol. The summed E-state index contributed by atoms with van der Waals surface area (Å²) in [6.45, 7) is 5.47. The number of piperidine rings is 1. The maximum absolute atomic E-state index is 9.14. The maximum Gasteiger partial charge on any atom is 0.0431 e. The number of hydrogen-bond acceptors (Lipinski definition) is 3. The van der Waals surface area contributed by atoms with Crippen LogP contribution < -0.4 is 5.32 Å². The van der Waals surface area contributed by atoms with Gasteiger partial charge in [-0.1, -0.05) is 19.3 Å². The van der Waals surface area contributed by atoms with E-state index in [9.17, 15) is 0 Å². The van der Waals surface area contributed by atoms with Crippen molar-refractivity contribution in [2.24, 2.45) is 17.8 Å². The fraction of sp³-hybridized carbons (Fsp3) is 1.00. The molecule has 128 valence electrons. The summed E-state index contributed by atoms with van der Waals surface area (Å²) < 4.78 is 0. The first-order valence-electron chi connectivity index (χ1n) is 9.90. The average Bonchev–Trinajstić information content (AvgIpc) is 3.00. The van der Waals surface area contributed by atoms with Crippen LogP contribution in [0.2, 0.25) is 0 Å². The second kappa shape index (κ2) is 8.65. The molecule has 1 aliphatic heterocycles. The fourth-order valence-corrected chi connectivity index (χ4v) is 4.78. The third-order valence-electron chi connectivity index (χ3n) is 6.29. The van der Waals surface area contributed by atoms with E-state index in [1.165, 1.54) is 84.0 Å². The maximum atomic E-state index is 9.14. The molecule has 0 aromatic rings. The molecule has 3 heteroatoms. The van der Waals surface area contributed by atoms with Crippen LogP contribution in [0.4, 0.5) is 0 Å². The van der Waals surface area contributed by atoms with Crippen molar-refractivity contribution < 1.29 is 5.11 Å².